The molecule has 0 saturated heterocycles. The first kappa shape index (κ1) is 18.8. The summed E-state index contributed by atoms with van der Waals surface area (Å²) in [6.07, 6.45) is -4.42. The Morgan fingerprint density at radius 1 is 1.11 bits per heavy atom. The van der Waals surface area contributed by atoms with Gasteiger partial charge in [0.2, 0.25) is 0 Å². The van der Waals surface area contributed by atoms with Crippen LogP contribution in [0.15, 0.2) is 42.5 Å². The number of halogens is 3. The first-order valence-electron chi connectivity index (χ1n) is 7.74. The zero-order chi connectivity index (χ0) is 19.6. The van der Waals surface area contributed by atoms with Crippen molar-refractivity contribution < 1.29 is 27.5 Å². The molecule has 3 rings (SSSR count). The maximum Gasteiger partial charge on any atom is 0.422 e. The SMILES string of the molecule is CC(=O)c1ccc(C(=O)Nc2nc3ccc(OCC(F)(F)F)cc3s2)cc1. The lowest BCUT2D eigenvalue weighted by Crippen LogP contribution is -2.19. The van der Waals surface area contributed by atoms with E-state index in [2.05, 4.69) is 10.3 Å². The van der Waals surface area contributed by atoms with Crippen molar-refractivity contribution in [3.8, 4) is 5.75 Å². The highest BCUT2D eigenvalue weighted by Gasteiger charge is 2.28. The third kappa shape index (κ3) is 4.82. The number of nitrogens with zero attached hydrogens (tertiary/aromatic N) is 1. The molecule has 1 amide bonds. The minimum absolute atomic E-state index is 0.0705. The van der Waals surface area contributed by atoms with Gasteiger partial charge in [-0.05, 0) is 37.3 Å². The molecule has 1 heterocycles. The van der Waals surface area contributed by atoms with Crippen molar-refractivity contribution >= 4 is 38.4 Å². The molecule has 0 spiro atoms. The lowest BCUT2D eigenvalue weighted by Gasteiger charge is -2.08. The summed E-state index contributed by atoms with van der Waals surface area (Å²) >= 11 is 1.12. The van der Waals surface area contributed by atoms with Gasteiger partial charge in [0.15, 0.2) is 17.5 Å². The van der Waals surface area contributed by atoms with Crippen LogP contribution < -0.4 is 10.1 Å². The van der Waals surface area contributed by atoms with E-state index in [1.807, 2.05) is 0 Å². The number of amides is 1. The van der Waals surface area contributed by atoms with E-state index in [0.717, 1.165) is 11.3 Å². The van der Waals surface area contributed by atoms with Gasteiger partial charge in [0.25, 0.3) is 5.91 Å². The van der Waals surface area contributed by atoms with Gasteiger partial charge in [-0.3, -0.25) is 14.9 Å². The molecule has 3 aromatic rings. The number of ketones is 1. The third-order valence-corrected chi connectivity index (χ3v) is 4.47. The number of ether oxygens (including phenoxy) is 1. The van der Waals surface area contributed by atoms with Gasteiger partial charge >= 0.3 is 6.18 Å². The van der Waals surface area contributed by atoms with E-state index >= 15 is 0 Å². The minimum atomic E-state index is -4.42. The van der Waals surface area contributed by atoms with E-state index in [9.17, 15) is 22.8 Å². The van der Waals surface area contributed by atoms with E-state index in [0.29, 0.717) is 26.5 Å². The normalized spacial score (nSPS) is 11.4. The average molecular weight is 394 g/mol. The second-order valence-electron chi connectivity index (χ2n) is 5.64. The van der Waals surface area contributed by atoms with Gasteiger partial charge in [0.1, 0.15) is 5.75 Å². The topological polar surface area (TPSA) is 68.3 Å². The molecule has 140 valence electrons. The molecule has 0 fully saturated rings. The molecule has 5 nitrogen and oxygen atoms in total. The predicted octanol–water partition coefficient (Wildman–Crippen LogP) is 4.69. The van der Waals surface area contributed by atoms with Crippen LogP contribution in [0.2, 0.25) is 0 Å². The quantitative estimate of drug-likeness (QED) is 0.638. The van der Waals surface area contributed by atoms with Gasteiger partial charge in [-0.1, -0.05) is 23.5 Å². The van der Waals surface area contributed by atoms with Gasteiger partial charge < -0.3 is 4.74 Å². The molecule has 2 aromatic carbocycles. The second kappa shape index (κ2) is 7.36. The highest BCUT2D eigenvalue weighted by atomic mass is 32.1. The third-order valence-electron chi connectivity index (χ3n) is 3.54. The predicted molar refractivity (Wildman–Crippen MR) is 95.6 cm³/mol. The number of benzene rings is 2. The fourth-order valence-corrected chi connectivity index (χ4v) is 3.13. The largest absolute Gasteiger partial charge is 0.484 e. The molecule has 27 heavy (non-hydrogen) atoms. The summed E-state index contributed by atoms with van der Waals surface area (Å²) in [7, 11) is 0. The van der Waals surface area contributed by atoms with Gasteiger partial charge in [-0.2, -0.15) is 13.2 Å². The van der Waals surface area contributed by atoms with Crippen molar-refractivity contribution in [1.29, 1.82) is 0 Å². The first-order valence-corrected chi connectivity index (χ1v) is 8.55. The van der Waals surface area contributed by atoms with Gasteiger partial charge in [-0.25, -0.2) is 4.98 Å². The van der Waals surface area contributed by atoms with Crippen molar-refractivity contribution in [2.24, 2.45) is 0 Å². The number of alkyl halides is 3. The van der Waals surface area contributed by atoms with Crippen LogP contribution in [-0.2, 0) is 0 Å². The molecule has 0 aliphatic rings. The van der Waals surface area contributed by atoms with Crippen LogP contribution in [0.1, 0.15) is 27.6 Å². The molecule has 1 N–H and O–H groups in total. The van der Waals surface area contributed by atoms with Crippen LogP contribution in [-0.4, -0.2) is 29.5 Å². The Hall–Kier alpha value is -2.94. The zero-order valence-corrected chi connectivity index (χ0v) is 14.8. The highest BCUT2D eigenvalue weighted by Crippen LogP contribution is 2.30. The maximum absolute atomic E-state index is 12.3. The molecular formula is C18H13F3N2O3S. The van der Waals surface area contributed by atoms with E-state index in [1.165, 1.54) is 37.3 Å². The zero-order valence-electron chi connectivity index (χ0n) is 14.0. The fourth-order valence-electron chi connectivity index (χ4n) is 2.24. The van der Waals surface area contributed by atoms with Crippen LogP contribution in [0, 0.1) is 0 Å². The lowest BCUT2D eigenvalue weighted by molar-refractivity contribution is -0.153. The maximum atomic E-state index is 12.3. The number of Topliss-reactive ketones (excluding diaryl/α,β-unsaturated/α-hetero) is 1. The van der Waals surface area contributed by atoms with Crippen LogP contribution in [0.25, 0.3) is 10.2 Å². The summed E-state index contributed by atoms with van der Waals surface area (Å²) in [5, 5.41) is 2.94. The van der Waals surface area contributed by atoms with E-state index < -0.39 is 18.7 Å². The Kier molecular flexibility index (Phi) is 5.13. The summed E-state index contributed by atoms with van der Waals surface area (Å²) in [4.78, 5) is 27.8. The van der Waals surface area contributed by atoms with Crippen molar-refractivity contribution in [2.45, 2.75) is 13.1 Å². The molecule has 0 radical (unpaired) electrons. The summed E-state index contributed by atoms with van der Waals surface area (Å²) in [6.45, 7) is 0.0556. The number of hydrogen-bond donors (Lipinski definition) is 1. The standard InChI is InChI=1S/C18H13F3N2O3S/c1-10(24)11-2-4-12(5-3-11)16(25)23-17-22-14-7-6-13(8-15(14)27-17)26-9-18(19,20)21/h2-8H,9H2,1H3,(H,22,23,25). The molecule has 0 aliphatic carbocycles. The Labute approximate surface area is 155 Å². The van der Waals surface area contributed by atoms with Crippen LogP contribution in [0.5, 0.6) is 5.75 Å². The summed E-state index contributed by atoms with van der Waals surface area (Å²) < 4.78 is 42.0. The van der Waals surface area contributed by atoms with E-state index in [4.69, 9.17) is 4.74 Å². The summed E-state index contributed by atoms with van der Waals surface area (Å²) in [6, 6.07) is 10.5. The number of anilines is 1. The van der Waals surface area contributed by atoms with Gasteiger partial charge in [0.05, 0.1) is 10.2 Å². The van der Waals surface area contributed by atoms with Crippen molar-refractivity contribution in [1.82, 2.24) is 4.98 Å². The molecule has 1 aromatic heterocycles. The first-order chi connectivity index (χ1) is 12.7. The number of aromatic nitrogens is 1. The number of hydrogen-bond acceptors (Lipinski definition) is 5. The van der Waals surface area contributed by atoms with Crippen LogP contribution in [0.4, 0.5) is 18.3 Å². The minimum Gasteiger partial charge on any atom is -0.484 e. The molecule has 0 atom stereocenters. The summed E-state index contributed by atoms with van der Waals surface area (Å²) in [5.74, 6) is -0.435. The molecule has 0 aliphatic heterocycles. The molecule has 0 bridgehead atoms. The van der Waals surface area contributed by atoms with Crippen molar-refractivity contribution in [3.63, 3.8) is 0 Å². The lowest BCUT2D eigenvalue weighted by atomic mass is 10.1. The smallest absolute Gasteiger partial charge is 0.422 e. The Bertz CT molecular complexity index is 997. The highest BCUT2D eigenvalue weighted by molar-refractivity contribution is 7.22. The van der Waals surface area contributed by atoms with Gasteiger partial charge in [0, 0.05) is 11.1 Å². The number of thiazole rings is 1. The van der Waals surface area contributed by atoms with Crippen LogP contribution in [0.3, 0.4) is 0 Å². The monoisotopic (exact) mass is 394 g/mol. The van der Waals surface area contributed by atoms with Gasteiger partial charge in [-0.15, -0.1) is 0 Å². The Morgan fingerprint density at radius 3 is 2.41 bits per heavy atom. The number of rotatable bonds is 5. The fraction of sp³-hybridized carbons (Fsp3) is 0.167. The number of nitrogens with one attached hydrogen (secondary N) is 1. The number of carbonyl (C=O) groups is 2. The number of fused-ring (bicyclic) bond motifs is 1. The number of carbonyl (C=O) groups excluding carboxylic acids is 2. The van der Waals surface area contributed by atoms with E-state index in [-0.39, 0.29) is 11.5 Å². The van der Waals surface area contributed by atoms with Crippen LogP contribution >= 0.6 is 11.3 Å². The molecule has 9 heteroatoms. The van der Waals surface area contributed by atoms with Crippen molar-refractivity contribution in [3.05, 3.63) is 53.6 Å². The van der Waals surface area contributed by atoms with E-state index in [1.54, 1.807) is 12.1 Å². The molecule has 0 unspecified atom stereocenters. The molecular weight excluding hydrogens is 381 g/mol. The second-order valence-corrected chi connectivity index (χ2v) is 6.67. The Morgan fingerprint density at radius 2 is 1.78 bits per heavy atom. The van der Waals surface area contributed by atoms with Crippen molar-refractivity contribution in [2.75, 3.05) is 11.9 Å². The Balaban J connectivity index is 1.73. The molecule has 0 saturated carbocycles. The average Bonchev–Trinajstić information content (AvgIpc) is 3.00. The summed E-state index contributed by atoms with van der Waals surface area (Å²) in [5.41, 5.74) is 1.38.